The summed E-state index contributed by atoms with van der Waals surface area (Å²) < 4.78 is 31.6. The molecule has 1 atom stereocenters. The minimum Gasteiger partial charge on any atom is -0.343 e. The molecule has 0 saturated carbocycles. The molecule has 0 aliphatic heterocycles. The fraction of sp³-hybridized carbons (Fsp3) is 0.900. The van der Waals surface area contributed by atoms with Gasteiger partial charge in [0, 0.05) is 0 Å². The predicted molar refractivity (Wildman–Crippen MR) is 62.1 cm³/mol. The number of unbranched alkanes of at least 4 members (excludes halogenated alkanes) is 1. The maximum absolute atomic E-state index is 8.74. The largest absolute Gasteiger partial charge is 1.00 e. The van der Waals surface area contributed by atoms with E-state index in [0.29, 0.717) is 0 Å². The van der Waals surface area contributed by atoms with Crippen molar-refractivity contribution in [3.63, 3.8) is 0 Å². The third kappa shape index (κ3) is 29.4. The van der Waals surface area contributed by atoms with E-state index in [1.54, 1.807) is 0 Å². The molecule has 0 aromatic carbocycles. The first-order chi connectivity index (χ1) is 6.85. The minimum absolute atomic E-state index is 0. The molecule has 0 rings (SSSR count). The fourth-order valence-electron chi connectivity index (χ4n) is 1.33. The molecule has 4 nitrogen and oxygen atoms in total. The average molecular weight is 262 g/mol. The zero-order valence-electron chi connectivity index (χ0n) is 10.6. The Morgan fingerprint density at radius 2 is 1.62 bits per heavy atom. The Bertz CT molecular complexity index is 209. The summed E-state index contributed by atoms with van der Waals surface area (Å²) in [5, 5.41) is 0. The Morgan fingerprint density at radius 3 is 1.88 bits per heavy atom. The van der Waals surface area contributed by atoms with Gasteiger partial charge in [-0.2, -0.15) is 14.8 Å². The van der Waals surface area contributed by atoms with E-state index in [1.807, 2.05) is 0 Å². The Labute approximate surface area is 122 Å². The van der Waals surface area contributed by atoms with Gasteiger partial charge in [-0.1, -0.05) is 46.0 Å². The van der Waals surface area contributed by atoms with Gasteiger partial charge < -0.3 is 6.92 Å². The molecule has 0 aliphatic carbocycles. The Morgan fingerprint density at radius 1 is 1.19 bits per heavy atom. The molecule has 0 aromatic heterocycles. The summed E-state index contributed by atoms with van der Waals surface area (Å²) >= 11 is 0. The quantitative estimate of drug-likeness (QED) is 0.406. The van der Waals surface area contributed by atoms with Gasteiger partial charge in [-0.25, -0.2) is 0 Å². The smallest absolute Gasteiger partial charge is 0.343 e. The van der Waals surface area contributed by atoms with Crippen molar-refractivity contribution >= 4 is 10.4 Å². The standard InChI is InChI=1S/C10H21.Na.H2O4S/c1-4-7-9-10(6-3)8-5-2;;1-5(2,3)4/h10H,2,4-9H2,1,3H3;;(H2,1,2,3,4)/q-1;+1;. The summed E-state index contributed by atoms with van der Waals surface area (Å²) in [6.45, 7) is 8.43. The van der Waals surface area contributed by atoms with Crippen LogP contribution in [-0.4, -0.2) is 17.5 Å². The van der Waals surface area contributed by atoms with Gasteiger partial charge in [0.05, 0.1) is 0 Å². The van der Waals surface area contributed by atoms with Gasteiger partial charge in [0.2, 0.25) is 0 Å². The van der Waals surface area contributed by atoms with Crippen LogP contribution in [0.25, 0.3) is 0 Å². The molecule has 0 heterocycles. The van der Waals surface area contributed by atoms with Crippen molar-refractivity contribution in [3.8, 4) is 0 Å². The van der Waals surface area contributed by atoms with Crippen molar-refractivity contribution < 1.29 is 47.1 Å². The molecule has 1 unspecified atom stereocenters. The van der Waals surface area contributed by atoms with Crippen LogP contribution in [0.2, 0.25) is 0 Å². The molecular weight excluding hydrogens is 239 g/mol. The van der Waals surface area contributed by atoms with Crippen molar-refractivity contribution in [1.29, 1.82) is 0 Å². The molecule has 0 radical (unpaired) electrons. The summed E-state index contributed by atoms with van der Waals surface area (Å²) in [6, 6.07) is 0. The first-order valence-corrected chi connectivity index (χ1v) is 6.73. The number of hydrogen-bond acceptors (Lipinski definition) is 2. The van der Waals surface area contributed by atoms with E-state index in [9.17, 15) is 0 Å². The second kappa shape index (κ2) is 13.9. The molecule has 0 fully saturated rings. The van der Waals surface area contributed by atoms with E-state index >= 15 is 0 Å². The minimum atomic E-state index is -4.67. The molecule has 94 valence electrons. The van der Waals surface area contributed by atoms with Crippen LogP contribution in [0, 0.1) is 12.8 Å². The van der Waals surface area contributed by atoms with Crippen molar-refractivity contribution in [2.75, 3.05) is 0 Å². The maximum atomic E-state index is 8.74. The van der Waals surface area contributed by atoms with E-state index in [2.05, 4.69) is 20.8 Å². The van der Waals surface area contributed by atoms with E-state index in [0.717, 1.165) is 12.3 Å². The average Bonchev–Trinajstić information content (AvgIpc) is 2.09. The van der Waals surface area contributed by atoms with Gasteiger partial charge in [0.1, 0.15) is 0 Å². The first kappa shape index (κ1) is 22.1. The Kier molecular flexibility index (Phi) is 19.2. The zero-order chi connectivity index (χ0) is 12.3. The fourth-order valence-corrected chi connectivity index (χ4v) is 1.33. The van der Waals surface area contributed by atoms with Gasteiger partial charge in [0.15, 0.2) is 0 Å². The number of hydrogen-bond donors (Lipinski definition) is 2. The molecule has 0 amide bonds. The van der Waals surface area contributed by atoms with Crippen LogP contribution in [-0.2, 0) is 10.4 Å². The Balaban J connectivity index is -0.000000242. The third-order valence-electron chi connectivity index (χ3n) is 2.16. The molecule has 0 aromatic rings. The molecule has 0 aliphatic rings. The van der Waals surface area contributed by atoms with Crippen LogP contribution in [0.3, 0.4) is 0 Å². The van der Waals surface area contributed by atoms with Crippen molar-refractivity contribution in [2.24, 2.45) is 5.92 Å². The predicted octanol–water partition coefficient (Wildman–Crippen LogP) is 0.168. The Hall–Kier alpha value is 0.870. The van der Waals surface area contributed by atoms with Gasteiger partial charge >= 0.3 is 40.0 Å². The van der Waals surface area contributed by atoms with Crippen molar-refractivity contribution in [1.82, 2.24) is 0 Å². The van der Waals surface area contributed by atoms with E-state index in [1.165, 1.54) is 32.1 Å². The van der Waals surface area contributed by atoms with Crippen LogP contribution in [0.4, 0.5) is 0 Å². The van der Waals surface area contributed by atoms with Crippen molar-refractivity contribution in [2.45, 2.75) is 52.4 Å². The van der Waals surface area contributed by atoms with E-state index in [4.69, 9.17) is 17.5 Å². The van der Waals surface area contributed by atoms with Gasteiger partial charge in [-0.3, -0.25) is 9.11 Å². The van der Waals surface area contributed by atoms with Crippen LogP contribution in [0.1, 0.15) is 52.4 Å². The third-order valence-corrected chi connectivity index (χ3v) is 2.16. The second-order valence-electron chi connectivity index (χ2n) is 3.51. The summed E-state index contributed by atoms with van der Waals surface area (Å²) in [5.74, 6) is 0.956. The monoisotopic (exact) mass is 262 g/mol. The maximum Gasteiger partial charge on any atom is 1.00 e. The summed E-state index contributed by atoms with van der Waals surface area (Å²) in [6.07, 6.45) is 7.95. The van der Waals surface area contributed by atoms with Gasteiger partial charge in [0.25, 0.3) is 0 Å². The van der Waals surface area contributed by atoms with E-state index < -0.39 is 10.4 Å². The van der Waals surface area contributed by atoms with Gasteiger partial charge in [-0.15, -0.1) is 0 Å². The van der Waals surface area contributed by atoms with Crippen LogP contribution in [0.5, 0.6) is 0 Å². The topological polar surface area (TPSA) is 74.6 Å². The summed E-state index contributed by atoms with van der Waals surface area (Å²) in [7, 11) is -4.67. The van der Waals surface area contributed by atoms with Crippen molar-refractivity contribution in [3.05, 3.63) is 6.92 Å². The van der Waals surface area contributed by atoms with Crippen LogP contribution < -0.4 is 29.6 Å². The SMILES string of the molecule is O=S(=O)(O)O.[CH2-]CCC(CC)CCCC.[Na+]. The molecule has 16 heavy (non-hydrogen) atoms. The first-order valence-electron chi connectivity index (χ1n) is 5.34. The van der Waals surface area contributed by atoms with Gasteiger partial charge in [-0.05, 0) is 5.92 Å². The van der Waals surface area contributed by atoms with E-state index in [-0.39, 0.29) is 29.6 Å². The second-order valence-corrected chi connectivity index (χ2v) is 4.40. The molecule has 2 N–H and O–H groups in total. The molecular formula is C10H23NaO4S. The molecule has 0 bridgehead atoms. The molecule has 0 spiro atoms. The molecule has 6 heteroatoms. The number of rotatable bonds is 6. The summed E-state index contributed by atoms with van der Waals surface area (Å²) in [5.41, 5.74) is 0. The van der Waals surface area contributed by atoms with Crippen LogP contribution >= 0.6 is 0 Å². The van der Waals surface area contributed by atoms with Crippen LogP contribution in [0.15, 0.2) is 0 Å². The summed E-state index contributed by atoms with van der Waals surface area (Å²) in [4.78, 5) is 0. The zero-order valence-corrected chi connectivity index (χ0v) is 13.5. The molecule has 0 saturated heterocycles. The normalized spacial score (nSPS) is 12.1.